The van der Waals surface area contributed by atoms with Crippen molar-refractivity contribution in [3.05, 3.63) is 0 Å². The fraction of sp³-hybridized carbons (Fsp3) is 0.850. The number of carbonyl (C=O) groups is 6. The lowest BCUT2D eigenvalue weighted by Gasteiger charge is -2.47. The molecule has 2 aliphatic carbocycles. The van der Waals surface area contributed by atoms with E-state index < -0.39 is 12.2 Å². The van der Waals surface area contributed by atoms with Crippen molar-refractivity contribution in [2.24, 2.45) is 21.7 Å². The molecule has 0 aromatic heterocycles. The normalized spacial score (nSPS) is 30.5. The molecule has 8 amide bonds. The van der Waals surface area contributed by atoms with Gasteiger partial charge in [-0.15, -0.1) is 0 Å². The van der Waals surface area contributed by atoms with Gasteiger partial charge in [0.2, 0.25) is 11.8 Å². The van der Waals surface area contributed by atoms with E-state index in [1.165, 1.54) is 9.80 Å². The van der Waals surface area contributed by atoms with Gasteiger partial charge >= 0.3 is 24.2 Å². The number of carbonyl (C=O) groups excluding carboxylic acids is 6. The van der Waals surface area contributed by atoms with Crippen molar-refractivity contribution in [3.63, 3.8) is 0 Å². The molecule has 4 fully saturated rings. The molecule has 0 spiro atoms. The Morgan fingerprint density at radius 3 is 1.36 bits per heavy atom. The van der Waals surface area contributed by atoms with Gasteiger partial charge in [-0.2, -0.15) is 0 Å². The summed E-state index contributed by atoms with van der Waals surface area (Å²) in [6.45, 7) is 17.7. The number of hydrogen-bond acceptors (Lipinski definition) is 9. The Bertz CT molecular complexity index is 1300. The standard InChI is InChI=1S/C40H68N6O9/c1-27-11-9-13-31(47)45(27)33(49)43-29-19-37(3,4)23-39(7,21-29)25-41-35(51)54-17-15-53-16-18-55-36(52)42-26-40(8)22-30(20-38(5,6)24-40)44-34(50)46-28(2)12-10-14-32(46)48/h27-30H,9-26H2,1-8H3,(H,41,51)(H,42,52)(H,43,49)(H,44,50). The van der Waals surface area contributed by atoms with Crippen LogP contribution >= 0.6 is 0 Å². The summed E-state index contributed by atoms with van der Waals surface area (Å²) in [6.07, 6.45) is 7.45. The van der Waals surface area contributed by atoms with E-state index in [-0.39, 0.29) is 96.1 Å². The lowest BCUT2D eigenvalue weighted by Crippen LogP contribution is -2.56. The lowest BCUT2D eigenvalue weighted by atomic mass is 9.62. The van der Waals surface area contributed by atoms with Crippen LogP contribution in [0.3, 0.4) is 0 Å². The van der Waals surface area contributed by atoms with Crippen LogP contribution in [0.25, 0.3) is 0 Å². The zero-order valence-corrected chi connectivity index (χ0v) is 34.6. The third-order valence-corrected chi connectivity index (χ3v) is 11.7. The fourth-order valence-corrected chi connectivity index (χ4v) is 10.1. The van der Waals surface area contributed by atoms with E-state index in [1.54, 1.807) is 0 Å². The van der Waals surface area contributed by atoms with E-state index in [2.05, 4.69) is 62.8 Å². The van der Waals surface area contributed by atoms with Crippen LogP contribution in [0.1, 0.15) is 132 Å². The van der Waals surface area contributed by atoms with E-state index in [0.717, 1.165) is 51.4 Å². The zero-order valence-electron chi connectivity index (χ0n) is 34.6. The maximum absolute atomic E-state index is 13.1. The first-order valence-electron chi connectivity index (χ1n) is 20.3. The van der Waals surface area contributed by atoms with Crippen molar-refractivity contribution in [1.29, 1.82) is 0 Å². The van der Waals surface area contributed by atoms with E-state index in [0.29, 0.717) is 38.8 Å². The summed E-state index contributed by atoms with van der Waals surface area (Å²) in [4.78, 5) is 78.8. The molecule has 0 radical (unpaired) electrons. The Kier molecular flexibility index (Phi) is 14.9. The molecule has 4 N–H and O–H groups in total. The van der Waals surface area contributed by atoms with E-state index in [1.807, 2.05) is 13.8 Å². The summed E-state index contributed by atoms with van der Waals surface area (Å²) < 4.78 is 16.1. The summed E-state index contributed by atoms with van der Waals surface area (Å²) in [7, 11) is 0. The molecule has 55 heavy (non-hydrogen) atoms. The molecule has 2 aliphatic heterocycles. The molecule has 15 nitrogen and oxygen atoms in total. The average Bonchev–Trinajstić information content (AvgIpc) is 3.04. The highest BCUT2D eigenvalue weighted by atomic mass is 16.6. The quantitative estimate of drug-likeness (QED) is 0.177. The minimum atomic E-state index is -0.562. The van der Waals surface area contributed by atoms with Gasteiger partial charge in [-0.05, 0) is 99.7 Å². The molecular formula is C40H68N6O9. The summed E-state index contributed by atoms with van der Waals surface area (Å²) in [5.41, 5.74) is -0.744. The number of amides is 8. The van der Waals surface area contributed by atoms with Crippen LogP contribution in [0.4, 0.5) is 19.2 Å². The highest BCUT2D eigenvalue weighted by molar-refractivity contribution is 5.96. The van der Waals surface area contributed by atoms with Gasteiger partial charge in [-0.25, -0.2) is 19.2 Å². The number of hydrogen-bond donors (Lipinski definition) is 4. The highest BCUT2D eigenvalue weighted by Gasteiger charge is 2.44. The van der Waals surface area contributed by atoms with Crippen molar-refractivity contribution in [2.45, 2.75) is 157 Å². The molecule has 6 atom stereocenters. The molecule has 2 saturated heterocycles. The minimum absolute atomic E-state index is 0.0254. The summed E-state index contributed by atoms with van der Waals surface area (Å²) in [5, 5.41) is 12.0. The lowest BCUT2D eigenvalue weighted by molar-refractivity contribution is -0.133. The Morgan fingerprint density at radius 2 is 1.00 bits per heavy atom. The van der Waals surface area contributed by atoms with E-state index >= 15 is 0 Å². The molecular weight excluding hydrogens is 708 g/mol. The minimum Gasteiger partial charge on any atom is -0.447 e. The van der Waals surface area contributed by atoms with Crippen LogP contribution in [0.5, 0.6) is 0 Å². The Labute approximate surface area is 327 Å². The molecule has 4 rings (SSSR count). The van der Waals surface area contributed by atoms with E-state index in [4.69, 9.17) is 14.2 Å². The van der Waals surface area contributed by atoms with Crippen LogP contribution in [0.2, 0.25) is 0 Å². The summed E-state index contributed by atoms with van der Waals surface area (Å²) >= 11 is 0. The summed E-state index contributed by atoms with van der Waals surface area (Å²) in [6, 6.07) is -1.17. The Hall–Kier alpha value is -3.62. The molecule has 15 heteroatoms. The maximum Gasteiger partial charge on any atom is 0.407 e. The number of piperidine rings is 2. The second-order valence-corrected chi connectivity index (χ2v) is 19.0. The first-order valence-corrected chi connectivity index (χ1v) is 20.3. The smallest absolute Gasteiger partial charge is 0.407 e. The largest absolute Gasteiger partial charge is 0.447 e. The molecule has 0 aromatic carbocycles. The van der Waals surface area contributed by atoms with Gasteiger partial charge in [0.1, 0.15) is 13.2 Å². The predicted octanol–water partition coefficient (Wildman–Crippen LogP) is 5.85. The molecule has 0 bridgehead atoms. The van der Waals surface area contributed by atoms with Gasteiger partial charge in [0, 0.05) is 50.1 Å². The maximum atomic E-state index is 13.1. The molecule has 312 valence electrons. The number of alkyl carbamates (subject to hydrolysis) is 2. The first-order chi connectivity index (χ1) is 25.7. The van der Waals surface area contributed by atoms with Crippen molar-refractivity contribution >= 4 is 36.1 Å². The Morgan fingerprint density at radius 1 is 0.618 bits per heavy atom. The van der Waals surface area contributed by atoms with Gasteiger partial charge in [-0.1, -0.05) is 41.5 Å². The monoisotopic (exact) mass is 777 g/mol. The van der Waals surface area contributed by atoms with Crippen LogP contribution in [-0.2, 0) is 23.8 Å². The van der Waals surface area contributed by atoms with Gasteiger partial charge in [0.25, 0.3) is 0 Å². The van der Waals surface area contributed by atoms with Crippen molar-refractivity contribution in [2.75, 3.05) is 39.5 Å². The summed E-state index contributed by atoms with van der Waals surface area (Å²) in [5.74, 6) is -0.265. The molecule has 0 aromatic rings. The second kappa shape index (κ2) is 18.5. The van der Waals surface area contributed by atoms with Gasteiger partial charge in [-0.3, -0.25) is 19.4 Å². The topological polar surface area (TPSA) is 185 Å². The van der Waals surface area contributed by atoms with Crippen LogP contribution in [0.15, 0.2) is 0 Å². The number of nitrogens with zero attached hydrogens (tertiary/aromatic N) is 2. The molecule has 2 heterocycles. The van der Waals surface area contributed by atoms with Gasteiger partial charge < -0.3 is 35.5 Å². The molecule has 4 aliphatic rings. The van der Waals surface area contributed by atoms with Crippen LogP contribution < -0.4 is 21.3 Å². The van der Waals surface area contributed by atoms with Crippen molar-refractivity contribution in [1.82, 2.24) is 31.1 Å². The molecule has 2 saturated carbocycles. The SMILES string of the molecule is CC1CCCC(=O)N1C(=O)NC1CC(C)(C)CC(C)(CNC(=O)OCCOCCOC(=O)NCC2(C)CC(NC(=O)N3C(=O)CCCC3C)CC(C)(C)C2)C1. The third kappa shape index (κ3) is 13.2. The number of ether oxygens (including phenoxy) is 3. The van der Waals surface area contributed by atoms with Crippen molar-refractivity contribution in [3.8, 4) is 0 Å². The van der Waals surface area contributed by atoms with Gasteiger partial charge in [0.05, 0.1) is 13.2 Å². The number of rotatable bonds is 12. The van der Waals surface area contributed by atoms with Gasteiger partial charge in [0.15, 0.2) is 0 Å². The fourth-order valence-electron chi connectivity index (χ4n) is 10.1. The van der Waals surface area contributed by atoms with E-state index in [9.17, 15) is 28.8 Å². The van der Waals surface area contributed by atoms with Crippen LogP contribution in [0, 0.1) is 21.7 Å². The van der Waals surface area contributed by atoms with Crippen molar-refractivity contribution < 1.29 is 43.0 Å². The number of urea groups is 2. The number of likely N-dealkylation sites (tertiary alicyclic amines) is 2. The Balaban J connectivity index is 1.09. The van der Waals surface area contributed by atoms with Crippen LogP contribution in [-0.4, -0.2) is 110 Å². The number of nitrogens with one attached hydrogen (secondary N) is 4. The zero-order chi connectivity index (χ0) is 40.6. The predicted molar refractivity (Wildman–Crippen MR) is 206 cm³/mol. The third-order valence-electron chi connectivity index (χ3n) is 11.7. The first kappa shape index (κ1) is 44.1. The second-order valence-electron chi connectivity index (χ2n) is 19.0. The highest BCUT2D eigenvalue weighted by Crippen LogP contribution is 2.47. The molecule has 6 unspecified atom stereocenters. The number of imide groups is 2. The average molecular weight is 777 g/mol.